The molecule has 3 rings (SSSR count). The smallest absolute Gasteiger partial charge is 0.259 e. The molecule has 0 radical (unpaired) electrons. The topological polar surface area (TPSA) is 94.2 Å². The van der Waals surface area contributed by atoms with Gasteiger partial charge in [0.25, 0.3) is 5.91 Å². The van der Waals surface area contributed by atoms with E-state index in [2.05, 4.69) is 36.4 Å². The van der Waals surface area contributed by atoms with Gasteiger partial charge in [-0.05, 0) is 30.9 Å². The van der Waals surface area contributed by atoms with E-state index in [1.54, 1.807) is 0 Å². The van der Waals surface area contributed by atoms with E-state index in [0.29, 0.717) is 6.54 Å². The number of aliphatic hydroxyl groups is 1. The second-order valence-corrected chi connectivity index (χ2v) is 7.51. The number of para-hydroxylation sites is 1. The fourth-order valence-electron chi connectivity index (χ4n) is 3.16. The molecule has 6 heteroatoms. The highest BCUT2D eigenvalue weighted by Gasteiger charge is 2.32. The third-order valence-corrected chi connectivity index (χ3v) is 4.89. The molecule has 1 aromatic carbocycles. The van der Waals surface area contributed by atoms with E-state index >= 15 is 0 Å². The highest BCUT2D eigenvalue weighted by Crippen LogP contribution is 2.34. The van der Waals surface area contributed by atoms with Gasteiger partial charge in [-0.15, -0.1) is 0 Å². The van der Waals surface area contributed by atoms with Gasteiger partial charge in [0.15, 0.2) is 0 Å². The molecular weight excluding hydrogens is 378 g/mol. The maximum absolute atomic E-state index is 12.3. The van der Waals surface area contributed by atoms with Crippen LogP contribution in [-0.2, 0) is 16.0 Å². The number of hydrogen-bond acceptors (Lipinski definition) is 4. The highest BCUT2D eigenvalue weighted by molar-refractivity contribution is 6.05. The highest BCUT2D eigenvalue weighted by atomic mass is 16.3. The second kappa shape index (κ2) is 12.2. The summed E-state index contributed by atoms with van der Waals surface area (Å²) in [6.45, 7) is 14.0. The average molecular weight is 416 g/mol. The normalized spacial score (nSPS) is 15.8. The van der Waals surface area contributed by atoms with Gasteiger partial charge in [-0.2, -0.15) is 0 Å². The first kappa shape index (κ1) is 25.4. The Hall–Kier alpha value is -2.60. The Labute approximate surface area is 180 Å². The molecule has 0 saturated heterocycles. The number of carbonyl (C=O) groups is 2. The van der Waals surface area contributed by atoms with Crippen molar-refractivity contribution in [3.05, 3.63) is 46.9 Å². The van der Waals surface area contributed by atoms with E-state index in [9.17, 15) is 14.7 Å². The SMILES string of the molecule is CC.CC(=O)NC(=O)/C(=C(\C)O)C1NCCc2c1[nH]c1ccccc21.CCC(C)C. The zero-order valence-corrected chi connectivity index (χ0v) is 19.3. The number of nitrogens with one attached hydrogen (secondary N) is 3. The van der Waals surface area contributed by atoms with Crippen LogP contribution in [0.2, 0.25) is 0 Å². The van der Waals surface area contributed by atoms with Gasteiger partial charge in [0.1, 0.15) is 0 Å². The molecule has 1 unspecified atom stereocenters. The maximum atomic E-state index is 12.3. The van der Waals surface area contributed by atoms with Crippen molar-refractivity contribution in [3.63, 3.8) is 0 Å². The Bertz CT molecular complexity index is 877. The van der Waals surface area contributed by atoms with Crippen molar-refractivity contribution >= 4 is 22.7 Å². The number of fused-ring (bicyclic) bond motifs is 3. The van der Waals surface area contributed by atoms with E-state index in [0.717, 1.165) is 34.5 Å². The van der Waals surface area contributed by atoms with Crippen molar-refractivity contribution in [1.29, 1.82) is 0 Å². The molecule has 2 heterocycles. The number of amides is 2. The van der Waals surface area contributed by atoms with E-state index in [-0.39, 0.29) is 11.3 Å². The summed E-state index contributed by atoms with van der Waals surface area (Å²) in [4.78, 5) is 26.8. The fourth-order valence-corrected chi connectivity index (χ4v) is 3.16. The van der Waals surface area contributed by atoms with Crippen molar-refractivity contribution in [2.24, 2.45) is 5.92 Å². The van der Waals surface area contributed by atoms with Crippen LogP contribution < -0.4 is 10.6 Å². The van der Waals surface area contributed by atoms with Gasteiger partial charge >= 0.3 is 0 Å². The lowest BCUT2D eigenvalue weighted by atomic mass is 9.93. The Morgan fingerprint density at radius 3 is 2.33 bits per heavy atom. The van der Waals surface area contributed by atoms with Gasteiger partial charge in [0, 0.05) is 30.1 Å². The fraction of sp³-hybridized carbons (Fsp3) is 0.500. The molecule has 4 N–H and O–H groups in total. The van der Waals surface area contributed by atoms with E-state index in [1.807, 2.05) is 38.1 Å². The van der Waals surface area contributed by atoms with Gasteiger partial charge in [0.05, 0.1) is 17.4 Å². The van der Waals surface area contributed by atoms with E-state index < -0.39 is 17.9 Å². The summed E-state index contributed by atoms with van der Waals surface area (Å²) in [6, 6.07) is 7.47. The zero-order valence-electron chi connectivity index (χ0n) is 19.3. The molecule has 1 aliphatic heterocycles. The van der Waals surface area contributed by atoms with Crippen LogP contribution in [0.4, 0.5) is 0 Å². The Morgan fingerprint density at radius 1 is 1.20 bits per heavy atom. The van der Waals surface area contributed by atoms with Crippen LogP contribution in [0.3, 0.4) is 0 Å². The lowest BCUT2D eigenvalue weighted by Crippen LogP contribution is -2.39. The quantitative estimate of drug-likeness (QED) is 0.422. The minimum Gasteiger partial charge on any atom is -0.512 e. The van der Waals surface area contributed by atoms with Crippen LogP contribution in [0, 0.1) is 5.92 Å². The largest absolute Gasteiger partial charge is 0.512 e. The van der Waals surface area contributed by atoms with Gasteiger partial charge in [0.2, 0.25) is 5.91 Å². The first-order valence-electron chi connectivity index (χ1n) is 10.8. The molecular formula is C24H37N3O3. The van der Waals surface area contributed by atoms with Crippen molar-refractivity contribution < 1.29 is 14.7 Å². The molecule has 1 atom stereocenters. The number of carbonyl (C=O) groups excluding carboxylic acids is 2. The van der Waals surface area contributed by atoms with Crippen molar-refractivity contribution in [3.8, 4) is 0 Å². The predicted octanol–water partition coefficient (Wildman–Crippen LogP) is 4.93. The van der Waals surface area contributed by atoms with Crippen LogP contribution in [0.25, 0.3) is 10.9 Å². The summed E-state index contributed by atoms with van der Waals surface area (Å²) in [5, 5.41) is 16.6. The third kappa shape index (κ3) is 6.46. The molecule has 6 nitrogen and oxygen atoms in total. The minimum absolute atomic E-state index is 0.104. The summed E-state index contributed by atoms with van der Waals surface area (Å²) in [7, 11) is 0. The van der Waals surface area contributed by atoms with Gasteiger partial charge in [-0.25, -0.2) is 0 Å². The number of benzene rings is 1. The Balaban J connectivity index is 0.000000565. The number of hydrogen-bond donors (Lipinski definition) is 4. The molecule has 2 aromatic rings. The van der Waals surface area contributed by atoms with Crippen LogP contribution in [0.5, 0.6) is 0 Å². The third-order valence-electron chi connectivity index (χ3n) is 4.89. The monoisotopic (exact) mass is 415 g/mol. The van der Waals surface area contributed by atoms with Gasteiger partial charge < -0.3 is 15.4 Å². The van der Waals surface area contributed by atoms with E-state index in [4.69, 9.17) is 0 Å². The van der Waals surface area contributed by atoms with Gasteiger partial charge in [-0.1, -0.05) is 59.2 Å². The zero-order chi connectivity index (χ0) is 22.8. The minimum atomic E-state index is -0.582. The number of rotatable bonds is 3. The van der Waals surface area contributed by atoms with Crippen LogP contribution in [0.1, 0.15) is 72.2 Å². The second-order valence-electron chi connectivity index (χ2n) is 7.51. The molecule has 0 saturated carbocycles. The van der Waals surface area contributed by atoms with Crippen LogP contribution in [0.15, 0.2) is 35.6 Å². The molecule has 2 amide bonds. The summed E-state index contributed by atoms with van der Waals surface area (Å²) >= 11 is 0. The molecule has 0 spiro atoms. The number of allylic oxidation sites excluding steroid dienone is 1. The summed E-state index contributed by atoms with van der Waals surface area (Å²) in [5.74, 6) is -0.259. The Kier molecular flexibility index (Phi) is 10.3. The first-order chi connectivity index (χ1) is 14.3. The number of aromatic amines is 1. The summed E-state index contributed by atoms with van der Waals surface area (Å²) < 4.78 is 0. The van der Waals surface area contributed by atoms with Crippen molar-refractivity contribution in [2.45, 2.75) is 67.3 Å². The van der Waals surface area contributed by atoms with Crippen molar-refractivity contribution in [2.75, 3.05) is 6.54 Å². The molecule has 166 valence electrons. The number of imide groups is 1. The van der Waals surface area contributed by atoms with Gasteiger partial charge in [-0.3, -0.25) is 14.9 Å². The molecule has 1 aromatic heterocycles. The average Bonchev–Trinajstić information content (AvgIpc) is 3.09. The summed E-state index contributed by atoms with van der Waals surface area (Å²) in [5.41, 5.74) is 3.15. The molecule has 0 fully saturated rings. The summed E-state index contributed by atoms with van der Waals surface area (Å²) in [6.07, 6.45) is 2.14. The molecule has 30 heavy (non-hydrogen) atoms. The van der Waals surface area contributed by atoms with E-state index in [1.165, 1.54) is 20.3 Å². The lowest BCUT2D eigenvalue weighted by molar-refractivity contribution is -0.127. The molecule has 0 aliphatic carbocycles. The maximum Gasteiger partial charge on any atom is 0.259 e. The molecule has 1 aliphatic rings. The standard InChI is InChI=1S/C17H19N3O3.C5H12.C2H6/c1-9(21)14(17(23)19-10(2)22)16-15-12(7-8-18-16)11-5-3-4-6-13(11)20-15;1-4-5(2)3;1-2/h3-6,16,18,20-21H,7-8H2,1-2H3,(H,19,22,23);5H,4H2,1-3H3;1-2H3/b14-9+;;. The number of aromatic nitrogens is 1. The Morgan fingerprint density at radius 2 is 1.80 bits per heavy atom. The van der Waals surface area contributed by atoms with Crippen LogP contribution in [-0.4, -0.2) is 28.4 Å². The number of aliphatic hydroxyl groups excluding tert-OH is 1. The molecule has 0 bridgehead atoms. The van der Waals surface area contributed by atoms with Crippen molar-refractivity contribution in [1.82, 2.24) is 15.6 Å². The first-order valence-corrected chi connectivity index (χ1v) is 10.8. The van der Waals surface area contributed by atoms with Crippen LogP contribution >= 0.6 is 0 Å². The lowest BCUT2D eigenvalue weighted by Gasteiger charge is -2.26. The number of H-pyrrole nitrogens is 1. The predicted molar refractivity (Wildman–Crippen MR) is 123 cm³/mol.